The number of nitrogens with one attached hydrogen (secondary N) is 1. The number of benzene rings is 3. The zero-order chi connectivity index (χ0) is 28.4. The quantitative estimate of drug-likeness (QED) is 0.172. The number of fused-ring (bicyclic) bond motifs is 1. The Bertz CT molecular complexity index is 1610. The molecule has 2 N–H and O–H groups in total. The van der Waals surface area contributed by atoms with Crippen LogP contribution in [0, 0.1) is 0 Å². The molecular weight excluding hydrogens is 514 g/mol. The van der Waals surface area contributed by atoms with Crippen molar-refractivity contribution in [2.45, 2.75) is 19.9 Å². The average Bonchev–Trinajstić information content (AvgIpc) is 3.50. The molecule has 1 aliphatic rings. The van der Waals surface area contributed by atoms with Gasteiger partial charge in [0.2, 0.25) is 5.95 Å². The van der Waals surface area contributed by atoms with Gasteiger partial charge in [0.25, 0.3) is 5.78 Å². The monoisotopic (exact) mass is 543 g/mol. The molecule has 1 amide bonds. The van der Waals surface area contributed by atoms with Gasteiger partial charge in [-0.1, -0.05) is 12.1 Å². The summed E-state index contributed by atoms with van der Waals surface area (Å²) in [4.78, 5) is 36.2. The number of aromatic nitrogens is 2. The predicted octanol–water partition coefficient (Wildman–Crippen LogP) is 5.00. The molecule has 4 aromatic rings. The third-order valence-electron chi connectivity index (χ3n) is 6.60. The first kappa shape index (κ1) is 26.6. The fourth-order valence-corrected chi connectivity index (χ4v) is 4.74. The van der Waals surface area contributed by atoms with Gasteiger partial charge in [0.15, 0.2) is 0 Å². The number of anilines is 1. The number of ketones is 1. The second-order valence-corrected chi connectivity index (χ2v) is 8.91. The molecule has 1 atom stereocenters. The molecule has 1 fully saturated rings. The highest BCUT2D eigenvalue weighted by Gasteiger charge is 2.48. The Labute approximate surface area is 230 Å². The van der Waals surface area contributed by atoms with Gasteiger partial charge in [-0.25, -0.2) is 4.98 Å². The number of rotatable bonds is 9. The van der Waals surface area contributed by atoms with Crippen molar-refractivity contribution in [2.24, 2.45) is 0 Å². The molecule has 3 aromatic carbocycles. The smallest absolute Gasteiger partial charge is 0.302 e. The van der Waals surface area contributed by atoms with Gasteiger partial charge in [-0.2, -0.15) is 0 Å². The number of aromatic amines is 1. The average molecular weight is 544 g/mol. The van der Waals surface area contributed by atoms with Crippen LogP contribution >= 0.6 is 0 Å². The van der Waals surface area contributed by atoms with E-state index in [9.17, 15) is 14.7 Å². The molecule has 1 aliphatic heterocycles. The Balaban J connectivity index is 1.71. The van der Waals surface area contributed by atoms with Crippen molar-refractivity contribution in [3.63, 3.8) is 0 Å². The summed E-state index contributed by atoms with van der Waals surface area (Å²) in [6.07, 6.45) is 0. The number of H-pyrrole nitrogens is 1. The number of aliphatic hydroxyl groups excluding tert-OH is 1. The number of carbonyl (C=O) groups excluding carboxylic acids is 2. The third kappa shape index (κ3) is 4.68. The number of aliphatic hydroxyl groups is 1. The molecule has 0 spiro atoms. The molecule has 1 unspecified atom stereocenters. The zero-order valence-corrected chi connectivity index (χ0v) is 22.6. The maximum absolute atomic E-state index is 13.6. The van der Waals surface area contributed by atoms with Gasteiger partial charge in [0.05, 0.1) is 55.6 Å². The maximum atomic E-state index is 13.6. The summed E-state index contributed by atoms with van der Waals surface area (Å²) in [5.41, 5.74) is 1.93. The van der Waals surface area contributed by atoms with E-state index in [1.54, 1.807) is 74.9 Å². The van der Waals surface area contributed by atoms with E-state index in [1.165, 1.54) is 4.90 Å². The highest BCUT2D eigenvalue weighted by Crippen LogP contribution is 2.43. The van der Waals surface area contributed by atoms with E-state index >= 15 is 0 Å². The Kier molecular flexibility index (Phi) is 7.33. The van der Waals surface area contributed by atoms with Crippen molar-refractivity contribution >= 4 is 34.4 Å². The number of hydrogen-bond acceptors (Lipinski definition) is 8. The van der Waals surface area contributed by atoms with Crippen LogP contribution in [-0.4, -0.2) is 54.2 Å². The number of carbonyl (C=O) groups is 2. The predicted molar refractivity (Wildman–Crippen MR) is 149 cm³/mol. The second-order valence-electron chi connectivity index (χ2n) is 8.91. The molecule has 2 heterocycles. The summed E-state index contributed by atoms with van der Waals surface area (Å²) in [6.45, 7) is 4.43. The minimum Gasteiger partial charge on any atom is -0.507 e. The molecule has 5 rings (SSSR count). The van der Waals surface area contributed by atoms with Crippen molar-refractivity contribution in [1.29, 1.82) is 0 Å². The summed E-state index contributed by atoms with van der Waals surface area (Å²) in [5.74, 6) is 0.170. The van der Waals surface area contributed by atoms with Crippen LogP contribution in [-0.2, 0) is 9.59 Å². The number of Topliss-reactive ketones (excluding diaryl/α,β-unsaturated/α-hetero) is 1. The van der Waals surface area contributed by atoms with Crippen molar-refractivity contribution in [3.8, 4) is 23.0 Å². The lowest BCUT2D eigenvalue weighted by atomic mass is 9.95. The number of hydrogen-bond donors (Lipinski definition) is 2. The molecule has 0 radical (unpaired) electrons. The van der Waals surface area contributed by atoms with Gasteiger partial charge < -0.3 is 29.0 Å². The number of amides is 1. The molecule has 1 aromatic heterocycles. The van der Waals surface area contributed by atoms with E-state index in [1.807, 2.05) is 13.8 Å². The normalized spacial score (nSPS) is 16.4. The topological polar surface area (TPSA) is 123 Å². The van der Waals surface area contributed by atoms with E-state index < -0.39 is 17.7 Å². The molecular formula is C30H29N3O7. The van der Waals surface area contributed by atoms with Gasteiger partial charge in [-0.3, -0.25) is 14.5 Å². The summed E-state index contributed by atoms with van der Waals surface area (Å²) < 4.78 is 22.0. The van der Waals surface area contributed by atoms with Crippen molar-refractivity contribution in [1.82, 2.24) is 9.97 Å². The minimum atomic E-state index is -0.991. The number of methoxy groups -OCH3 is 2. The van der Waals surface area contributed by atoms with E-state index in [0.717, 1.165) is 0 Å². The van der Waals surface area contributed by atoms with E-state index in [2.05, 4.69) is 9.97 Å². The fourth-order valence-electron chi connectivity index (χ4n) is 4.74. The highest BCUT2D eigenvalue weighted by atomic mass is 16.5. The first-order chi connectivity index (χ1) is 19.4. The fraction of sp³-hybridized carbons (Fsp3) is 0.233. The first-order valence-electron chi connectivity index (χ1n) is 12.8. The lowest BCUT2D eigenvalue weighted by molar-refractivity contribution is -0.132. The van der Waals surface area contributed by atoms with E-state index in [4.69, 9.17) is 18.9 Å². The van der Waals surface area contributed by atoms with Crippen LogP contribution < -0.4 is 23.8 Å². The summed E-state index contributed by atoms with van der Waals surface area (Å²) in [7, 11) is 3.10. The second kappa shape index (κ2) is 11.0. The van der Waals surface area contributed by atoms with Crippen LogP contribution in [0.15, 0.2) is 66.2 Å². The molecule has 10 heteroatoms. The molecule has 1 saturated heterocycles. The van der Waals surface area contributed by atoms with Crippen molar-refractivity contribution in [3.05, 3.63) is 77.4 Å². The van der Waals surface area contributed by atoms with Crippen LogP contribution in [0.2, 0.25) is 0 Å². The van der Waals surface area contributed by atoms with Gasteiger partial charge in [0, 0.05) is 12.1 Å². The lowest BCUT2D eigenvalue weighted by Gasteiger charge is -2.23. The zero-order valence-electron chi connectivity index (χ0n) is 22.6. The van der Waals surface area contributed by atoms with Crippen LogP contribution in [0.3, 0.4) is 0 Å². The molecule has 206 valence electrons. The maximum Gasteiger partial charge on any atom is 0.302 e. The molecule has 10 nitrogen and oxygen atoms in total. The summed E-state index contributed by atoms with van der Waals surface area (Å²) in [6, 6.07) is 16.1. The highest BCUT2D eigenvalue weighted by molar-refractivity contribution is 6.51. The Morgan fingerprint density at radius 2 is 1.57 bits per heavy atom. The Morgan fingerprint density at radius 1 is 0.900 bits per heavy atom. The van der Waals surface area contributed by atoms with Gasteiger partial charge in [-0.15, -0.1) is 0 Å². The molecule has 0 aliphatic carbocycles. The van der Waals surface area contributed by atoms with E-state index in [-0.39, 0.29) is 22.8 Å². The number of ether oxygens (including phenoxy) is 4. The van der Waals surface area contributed by atoms with Crippen molar-refractivity contribution < 1.29 is 33.6 Å². The minimum absolute atomic E-state index is 0.0988. The van der Waals surface area contributed by atoms with Gasteiger partial charge >= 0.3 is 5.91 Å². The van der Waals surface area contributed by atoms with Crippen LogP contribution in [0.25, 0.3) is 16.8 Å². The standard InChI is InChI=1S/C30H29N3O7/c1-5-39-20-11-13-21(24(16-20)40-6-2)27(34)25-26(17-7-9-18(37-3)10-8-17)33(29(36)28(25)35)30-31-22-14-12-19(38-4)15-23(22)32-30/h7-16,26,34H,5-6H2,1-4H3,(H,31,32)/b27-25+. The number of imidazole rings is 1. The van der Waals surface area contributed by atoms with Gasteiger partial charge in [0.1, 0.15) is 28.8 Å². The van der Waals surface area contributed by atoms with Crippen LogP contribution in [0.5, 0.6) is 23.0 Å². The van der Waals surface area contributed by atoms with E-state index in [0.29, 0.717) is 52.8 Å². The largest absolute Gasteiger partial charge is 0.507 e. The number of nitrogens with zero attached hydrogens (tertiary/aromatic N) is 2. The van der Waals surface area contributed by atoms with Crippen LogP contribution in [0.4, 0.5) is 5.95 Å². The van der Waals surface area contributed by atoms with Crippen molar-refractivity contribution in [2.75, 3.05) is 32.3 Å². The molecule has 0 bridgehead atoms. The Hall–Kier alpha value is -4.99. The first-order valence-corrected chi connectivity index (χ1v) is 12.8. The van der Waals surface area contributed by atoms with Gasteiger partial charge in [-0.05, 0) is 55.8 Å². The third-order valence-corrected chi connectivity index (χ3v) is 6.60. The Morgan fingerprint density at radius 3 is 2.25 bits per heavy atom. The molecule has 0 saturated carbocycles. The van der Waals surface area contributed by atoms with Crippen LogP contribution in [0.1, 0.15) is 31.0 Å². The summed E-state index contributed by atoms with van der Waals surface area (Å²) >= 11 is 0. The lowest BCUT2D eigenvalue weighted by Crippen LogP contribution is -2.30. The SMILES string of the molecule is CCOc1ccc(/C(O)=C2\C(=O)C(=O)N(c3nc4ccc(OC)cc4[nH]3)C2c2ccc(OC)cc2)c(OCC)c1. The molecule has 40 heavy (non-hydrogen) atoms. The summed E-state index contributed by atoms with van der Waals surface area (Å²) in [5, 5.41) is 11.6.